The van der Waals surface area contributed by atoms with Crippen molar-refractivity contribution in [1.82, 2.24) is 5.32 Å². The molecule has 0 aromatic carbocycles. The zero-order valence-electron chi connectivity index (χ0n) is 10.2. The predicted octanol–water partition coefficient (Wildman–Crippen LogP) is 1.44. The summed E-state index contributed by atoms with van der Waals surface area (Å²) in [6.07, 6.45) is 0. The molecule has 0 radical (unpaired) electrons. The van der Waals surface area contributed by atoms with Crippen LogP contribution in [0.1, 0.15) is 18.7 Å². The van der Waals surface area contributed by atoms with E-state index in [1.165, 1.54) is 11.3 Å². The minimum Gasteiger partial charge on any atom is -0.383 e. The Labute approximate surface area is 106 Å². The lowest BCUT2D eigenvalue weighted by molar-refractivity contribution is 0.0712. The van der Waals surface area contributed by atoms with E-state index in [1.807, 2.05) is 24.4 Å². The highest BCUT2D eigenvalue weighted by Gasteiger charge is 2.23. The molecule has 1 unspecified atom stereocenters. The average Bonchev–Trinajstić information content (AvgIpc) is 2.77. The Morgan fingerprint density at radius 1 is 1.71 bits per heavy atom. The molecule has 0 saturated carbocycles. The van der Waals surface area contributed by atoms with Gasteiger partial charge >= 0.3 is 0 Å². The Balaban J connectivity index is 2.54. The first kappa shape index (κ1) is 13.7. The van der Waals surface area contributed by atoms with E-state index in [0.29, 0.717) is 12.5 Å². The maximum Gasteiger partial charge on any atom is 0.188 e. The van der Waals surface area contributed by atoms with Crippen LogP contribution in [0.4, 0.5) is 0 Å². The van der Waals surface area contributed by atoms with Crippen LogP contribution in [0.15, 0.2) is 34.7 Å². The van der Waals surface area contributed by atoms with E-state index in [2.05, 4.69) is 16.9 Å². The molecule has 94 valence electrons. The minimum atomic E-state index is -0.969. The van der Waals surface area contributed by atoms with Gasteiger partial charge in [-0.1, -0.05) is 18.2 Å². The molecule has 17 heavy (non-hydrogen) atoms. The molecule has 1 aromatic heterocycles. The van der Waals surface area contributed by atoms with Crippen molar-refractivity contribution in [1.29, 1.82) is 0 Å². The van der Waals surface area contributed by atoms with Gasteiger partial charge in [0.2, 0.25) is 0 Å². The third kappa shape index (κ3) is 4.58. The summed E-state index contributed by atoms with van der Waals surface area (Å²) in [5, 5.41) is 15.1. The highest BCUT2D eigenvalue weighted by molar-refractivity contribution is 7.10. The van der Waals surface area contributed by atoms with E-state index >= 15 is 0 Å². The van der Waals surface area contributed by atoms with Gasteiger partial charge in [0, 0.05) is 11.4 Å². The normalized spacial score (nSPS) is 15.4. The summed E-state index contributed by atoms with van der Waals surface area (Å²) in [6.45, 7) is 8.22. The van der Waals surface area contributed by atoms with E-state index in [1.54, 1.807) is 6.92 Å². The van der Waals surface area contributed by atoms with E-state index in [9.17, 15) is 5.11 Å². The summed E-state index contributed by atoms with van der Waals surface area (Å²) in [5.74, 6) is 0.324. The van der Waals surface area contributed by atoms with Crippen LogP contribution in [-0.4, -0.2) is 24.2 Å². The van der Waals surface area contributed by atoms with Crippen molar-refractivity contribution in [2.75, 3.05) is 13.1 Å². The number of hydrogen-bond acceptors (Lipinski definition) is 3. The molecule has 1 atom stereocenters. The second kappa shape index (κ2) is 5.84. The Hall–Kier alpha value is -1.33. The van der Waals surface area contributed by atoms with Gasteiger partial charge in [0.25, 0.3) is 0 Å². The van der Waals surface area contributed by atoms with E-state index < -0.39 is 5.60 Å². The zero-order chi connectivity index (χ0) is 12.9. The Morgan fingerprint density at radius 2 is 2.41 bits per heavy atom. The van der Waals surface area contributed by atoms with Crippen LogP contribution in [0, 0.1) is 0 Å². The predicted molar refractivity (Wildman–Crippen MR) is 73.2 cm³/mol. The molecule has 0 spiro atoms. The van der Waals surface area contributed by atoms with Crippen molar-refractivity contribution in [3.63, 3.8) is 0 Å². The van der Waals surface area contributed by atoms with Crippen molar-refractivity contribution in [3.05, 3.63) is 34.5 Å². The molecule has 0 aliphatic rings. The monoisotopic (exact) mass is 253 g/mol. The van der Waals surface area contributed by atoms with Gasteiger partial charge in [-0.3, -0.25) is 4.99 Å². The molecule has 0 bridgehead atoms. The van der Waals surface area contributed by atoms with Gasteiger partial charge in [0.1, 0.15) is 5.60 Å². The van der Waals surface area contributed by atoms with Crippen molar-refractivity contribution in [2.45, 2.75) is 19.4 Å². The number of nitrogens with zero attached hydrogens (tertiary/aromatic N) is 1. The first-order chi connectivity index (χ1) is 7.92. The lowest BCUT2D eigenvalue weighted by Gasteiger charge is -2.19. The minimum absolute atomic E-state index is 0.239. The summed E-state index contributed by atoms with van der Waals surface area (Å²) < 4.78 is 0. The summed E-state index contributed by atoms with van der Waals surface area (Å²) in [4.78, 5) is 5.01. The van der Waals surface area contributed by atoms with Crippen LogP contribution in [-0.2, 0) is 5.60 Å². The fourth-order valence-electron chi connectivity index (χ4n) is 1.20. The second-order valence-electron chi connectivity index (χ2n) is 4.26. The second-order valence-corrected chi connectivity index (χ2v) is 5.21. The summed E-state index contributed by atoms with van der Waals surface area (Å²) >= 11 is 1.51. The molecular weight excluding hydrogens is 234 g/mol. The highest BCUT2D eigenvalue weighted by Crippen LogP contribution is 2.25. The molecule has 0 fully saturated rings. The summed E-state index contributed by atoms with van der Waals surface area (Å²) in [7, 11) is 0. The topological polar surface area (TPSA) is 70.6 Å². The number of aliphatic hydroxyl groups is 1. The fourth-order valence-corrected chi connectivity index (χ4v) is 1.98. The SMILES string of the molecule is C=C(C)CNC(N)=NCC(C)(O)c1cccs1. The lowest BCUT2D eigenvalue weighted by Crippen LogP contribution is -2.35. The number of nitrogens with two attached hydrogens (primary N) is 1. The molecule has 5 heteroatoms. The van der Waals surface area contributed by atoms with Crippen LogP contribution in [0.5, 0.6) is 0 Å². The van der Waals surface area contributed by atoms with Crippen LogP contribution < -0.4 is 11.1 Å². The van der Waals surface area contributed by atoms with Gasteiger partial charge in [0.15, 0.2) is 5.96 Å². The lowest BCUT2D eigenvalue weighted by atomic mass is 10.1. The van der Waals surface area contributed by atoms with Crippen LogP contribution in [0.3, 0.4) is 0 Å². The molecule has 0 aliphatic carbocycles. The van der Waals surface area contributed by atoms with Gasteiger partial charge in [-0.05, 0) is 25.3 Å². The number of rotatable bonds is 5. The number of thiophene rings is 1. The zero-order valence-corrected chi connectivity index (χ0v) is 11.0. The third-order valence-electron chi connectivity index (χ3n) is 2.18. The summed E-state index contributed by atoms with van der Waals surface area (Å²) in [6, 6.07) is 3.79. The van der Waals surface area contributed by atoms with Gasteiger partial charge in [-0.2, -0.15) is 0 Å². The Kier molecular flexibility index (Phi) is 4.72. The number of aliphatic imine (C=N–C) groups is 1. The van der Waals surface area contributed by atoms with Gasteiger partial charge in [-0.15, -0.1) is 11.3 Å². The smallest absolute Gasteiger partial charge is 0.188 e. The molecular formula is C12H19N3OS. The van der Waals surface area contributed by atoms with Gasteiger partial charge < -0.3 is 16.2 Å². The first-order valence-corrected chi connectivity index (χ1v) is 6.24. The van der Waals surface area contributed by atoms with E-state index in [0.717, 1.165) is 10.5 Å². The highest BCUT2D eigenvalue weighted by atomic mass is 32.1. The first-order valence-electron chi connectivity index (χ1n) is 5.36. The van der Waals surface area contributed by atoms with Crippen molar-refractivity contribution in [3.8, 4) is 0 Å². The van der Waals surface area contributed by atoms with Crippen molar-refractivity contribution < 1.29 is 5.11 Å². The van der Waals surface area contributed by atoms with E-state index in [-0.39, 0.29) is 6.54 Å². The number of nitrogens with one attached hydrogen (secondary N) is 1. The van der Waals surface area contributed by atoms with Crippen molar-refractivity contribution in [2.24, 2.45) is 10.7 Å². The molecule has 0 amide bonds. The molecule has 1 heterocycles. The summed E-state index contributed by atoms with van der Waals surface area (Å²) in [5.41, 5.74) is 5.68. The molecule has 0 aliphatic heterocycles. The van der Waals surface area contributed by atoms with Crippen LogP contribution >= 0.6 is 11.3 Å². The quantitative estimate of drug-likeness (QED) is 0.422. The van der Waals surface area contributed by atoms with Gasteiger partial charge in [-0.25, -0.2) is 0 Å². The van der Waals surface area contributed by atoms with E-state index in [4.69, 9.17) is 5.73 Å². The molecule has 1 aromatic rings. The van der Waals surface area contributed by atoms with Crippen LogP contribution in [0.25, 0.3) is 0 Å². The molecule has 1 rings (SSSR count). The molecule has 4 nitrogen and oxygen atoms in total. The third-order valence-corrected chi connectivity index (χ3v) is 3.30. The van der Waals surface area contributed by atoms with Crippen molar-refractivity contribution >= 4 is 17.3 Å². The Morgan fingerprint density at radius 3 is 2.94 bits per heavy atom. The standard InChI is InChI=1S/C12H19N3OS/c1-9(2)7-14-11(13)15-8-12(3,16)10-5-4-6-17-10/h4-6,16H,1,7-8H2,2-3H3,(H3,13,14,15). The molecule has 4 N–H and O–H groups in total. The fraction of sp³-hybridized carbons (Fsp3) is 0.417. The van der Waals surface area contributed by atoms with Gasteiger partial charge in [0.05, 0.1) is 6.54 Å². The number of hydrogen-bond donors (Lipinski definition) is 3. The largest absolute Gasteiger partial charge is 0.383 e. The number of guanidine groups is 1. The average molecular weight is 253 g/mol. The molecule has 0 saturated heterocycles. The maximum atomic E-state index is 10.2. The van der Waals surface area contributed by atoms with Crippen LogP contribution in [0.2, 0.25) is 0 Å². The maximum absolute atomic E-state index is 10.2. The Bertz CT molecular complexity index is 396.